The van der Waals surface area contributed by atoms with Gasteiger partial charge in [-0.2, -0.15) is 0 Å². The number of fused-ring (bicyclic) bond motifs is 1. The molecule has 1 aliphatic heterocycles. The first-order valence-electron chi connectivity index (χ1n) is 7.34. The smallest absolute Gasteiger partial charge is 0.0544 e. The Bertz CT molecular complexity index is 609. The van der Waals surface area contributed by atoms with Crippen LogP contribution in [0.2, 0.25) is 0 Å². The monoisotopic (exact) mass is 282 g/mol. The summed E-state index contributed by atoms with van der Waals surface area (Å²) in [5, 5.41) is 0. The Hall–Kier alpha value is -1.91. The Labute approximate surface area is 126 Å². The molecule has 1 aromatic carbocycles. The molecule has 1 unspecified atom stereocenters. The molecule has 0 amide bonds. The van der Waals surface area contributed by atoms with Gasteiger partial charge in [0.25, 0.3) is 0 Å². The maximum absolute atomic E-state index is 6.04. The summed E-state index contributed by atoms with van der Waals surface area (Å²) in [6, 6.07) is 12.8. The molecule has 2 N–H and O–H groups in total. The van der Waals surface area contributed by atoms with E-state index in [2.05, 4.69) is 53.1 Å². The summed E-state index contributed by atoms with van der Waals surface area (Å²) in [6.45, 7) is 2.41. The summed E-state index contributed by atoms with van der Waals surface area (Å²) in [7, 11) is 4.18. The third-order valence-corrected chi connectivity index (χ3v) is 4.14. The quantitative estimate of drug-likeness (QED) is 0.933. The zero-order valence-corrected chi connectivity index (χ0v) is 12.7. The van der Waals surface area contributed by atoms with Crippen molar-refractivity contribution in [2.75, 3.05) is 25.5 Å². The normalized spacial score (nSPS) is 17.8. The number of benzene rings is 1. The van der Waals surface area contributed by atoms with E-state index in [1.165, 1.54) is 16.8 Å². The Morgan fingerprint density at radius 3 is 2.76 bits per heavy atom. The second-order valence-corrected chi connectivity index (χ2v) is 5.72. The van der Waals surface area contributed by atoms with Gasteiger partial charge in [-0.15, -0.1) is 0 Å². The van der Waals surface area contributed by atoms with Crippen LogP contribution in [-0.2, 0) is 13.1 Å². The zero-order chi connectivity index (χ0) is 14.8. The molecule has 0 saturated carbocycles. The van der Waals surface area contributed by atoms with Gasteiger partial charge in [0.1, 0.15) is 0 Å². The van der Waals surface area contributed by atoms with Crippen LogP contribution >= 0.6 is 0 Å². The van der Waals surface area contributed by atoms with Crippen molar-refractivity contribution in [1.29, 1.82) is 0 Å². The van der Waals surface area contributed by atoms with Gasteiger partial charge in [-0.25, -0.2) is 0 Å². The minimum absolute atomic E-state index is 0.280. The van der Waals surface area contributed by atoms with Crippen LogP contribution in [0.1, 0.15) is 22.9 Å². The summed E-state index contributed by atoms with van der Waals surface area (Å²) < 4.78 is 0. The van der Waals surface area contributed by atoms with E-state index in [-0.39, 0.29) is 6.04 Å². The van der Waals surface area contributed by atoms with E-state index in [4.69, 9.17) is 5.73 Å². The average molecular weight is 282 g/mol. The molecular weight excluding hydrogens is 260 g/mol. The summed E-state index contributed by atoms with van der Waals surface area (Å²) >= 11 is 0. The van der Waals surface area contributed by atoms with Gasteiger partial charge in [0.2, 0.25) is 0 Å². The number of nitrogens with zero attached hydrogens (tertiary/aromatic N) is 3. The molecule has 0 radical (unpaired) electrons. The Kier molecular flexibility index (Phi) is 3.90. The largest absolute Gasteiger partial charge is 0.377 e. The molecule has 2 heterocycles. The maximum Gasteiger partial charge on any atom is 0.0544 e. The third kappa shape index (κ3) is 2.64. The Balaban J connectivity index is 1.90. The van der Waals surface area contributed by atoms with Crippen LogP contribution in [0.4, 0.5) is 5.69 Å². The number of anilines is 1. The molecular formula is C17H22N4. The van der Waals surface area contributed by atoms with E-state index in [9.17, 15) is 0 Å². The minimum Gasteiger partial charge on any atom is -0.377 e. The van der Waals surface area contributed by atoms with Gasteiger partial charge in [0, 0.05) is 51.7 Å². The molecule has 1 aliphatic rings. The van der Waals surface area contributed by atoms with E-state index >= 15 is 0 Å². The lowest BCUT2D eigenvalue weighted by Crippen LogP contribution is -2.27. The highest BCUT2D eigenvalue weighted by Crippen LogP contribution is 2.38. The standard InChI is InChI=1S/C17H22N4/c1-20(2)16-8-5-7-14-15(16)12-21(17(14)10-18)11-13-6-3-4-9-19-13/h3-9,17H,10-12,18H2,1-2H3. The molecule has 21 heavy (non-hydrogen) atoms. The molecule has 3 rings (SSSR count). The van der Waals surface area contributed by atoms with Crippen LogP contribution in [0, 0.1) is 0 Å². The average Bonchev–Trinajstić information content (AvgIpc) is 2.84. The molecule has 0 fully saturated rings. The van der Waals surface area contributed by atoms with Crippen molar-refractivity contribution in [3.63, 3.8) is 0 Å². The van der Waals surface area contributed by atoms with Gasteiger partial charge in [-0.3, -0.25) is 9.88 Å². The third-order valence-electron chi connectivity index (χ3n) is 4.14. The van der Waals surface area contributed by atoms with Crippen LogP contribution in [0.5, 0.6) is 0 Å². The van der Waals surface area contributed by atoms with E-state index in [0.717, 1.165) is 18.8 Å². The molecule has 0 aliphatic carbocycles. The molecule has 0 saturated heterocycles. The molecule has 1 aromatic heterocycles. The van der Waals surface area contributed by atoms with Crippen molar-refractivity contribution in [2.45, 2.75) is 19.1 Å². The SMILES string of the molecule is CN(C)c1cccc2c1CN(Cc1ccccn1)C2CN. The van der Waals surface area contributed by atoms with E-state index in [1.54, 1.807) is 0 Å². The van der Waals surface area contributed by atoms with E-state index in [1.807, 2.05) is 18.3 Å². The molecule has 0 spiro atoms. The molecule has 4 nitrogen and oxygen atoms in total. The van der Waals surface area contributed by atoms with Crippen molar-refractivity contribution >= 4 is 5.69 Å². The zero-order valence-electron chi connectivity index (χ0n) is 12.7. The second-order valence-electron chi connectivity index (χ2n) is 5.72. The first kappa shape index (κ1) is 14.0. The Morgan fingerprint density at radius 1 is 1.24 bits per heavy atom. The highest BCUT2D eigenvalue weighted by Gasteiger charge is 2.31. The summed E-state index contributed by atoms with van der Waals surface area (Å²) in [5.74, 6) is 0. The lowest BCUT2D eigenvalue weighted by Gasteiger charge is -2.23. The first-order valence-corrected chi connectivity index (χ1v) is 7.34. The molecule has 4 heteroatoms. The number of nitrogens with two attached hydrogens (primary N) is 1. The van der Waals surface area contributed by atoms with Crippen LogP contribution in [-0.4, -0.2) is 30.5 Å². The van der Waals surface area contributed by atoms with Crippen molar-refractivity contribution in [3.8, 4) is 0 Å². The van der Waals surface area contributed by atoms with Crippen LogP contribution in [0.25, 0.3) is 0 Å². The predicted molar refractivity (Wildman–Crippen MR) is 86.0 cm³/mol. The highest BCUT2D eigenvalue weighted by atomic mass is 15.2. The second kappa shape index (κ2) is 5.84. The van der Waals surface area contributed by atoms with Crippen molar-refractivity contribution in [2.24, 2.45) is 5.73 Å². The lowest BCUT2D eigenvalue weighted by atomic mass is 10.0. The minimum atomic E-state index is 0.280. The van der Waals surface area contributed by atoms with Crippen molar-refractivity contribution < 1.29 is 0 Å². The number of hydrogen-bond acceptors (Lipinski definition) is 4. The molecule has 110 valence electrons. The number of rotatable bonds is 4. The molecule has 0 bridgehead atoms. The van der Waals surface area contributed by atoms with E-state index < -0.39 is 0 Å². The fourth-order valence-corrected chi connectivity index (χ4v) is 3.15. The van der Waals surface area contributed by atoms with Gasteiger partial charge >= 0.3 is 0 Å². The fraction of sp³-hybridized carbons (Fsp3) is 0.353. The number of hydrogen-bond donors (Lipinski definition) is 1. The maximum atomic E-state index is 6.04. The van der Waals surface area contributed by atoms with Crippen LogP contribution in [0.15, 0.2) is 42.6 Å². The van der Waals surface area contributed by atoms with Gasteiger partial charge in [0.05, 0.1) is 5.69 Å². The van der Waals surface area contributed by atoms with Gasteiger partial charge in [0.15, 0.2) is 0 Å². The van der Waals surface area contributed by atoms with E-state index in [0.29, 0.717) is 6.54 Å². The molecule has 1 atom stereocenters. The van der Waals surface area contributed by atoms with Crippen molar-refractivity contribution in [1.82, 2.24) is 9.88 Å². The highest BCUT2D eigenvalue weighted by molar-refractivity contribution is 5.58. The van der Waals surface area contributed by atoms with Gasteiger partial charge in [-0.1, -0.05) is 18.2 Å². The summed E-state index contributed by atoms with van der Waals surface area (Å²) in [5.41, 5.74) is 11.2. The van der Waals surface area contributed by atoms with Gasteiger partial charge < -0.3 is 10.6 Å². The number of aromatic nitrogens is 1. The van der Waals surface area contributed by atoms with Gasteiger partial charge in [-0.05, 0) is 29.3 Å². The van der Waals surface area contributed by atoms with Crippen LogP contribution < -0.4 is 10.6 Å². The molecule has 2 aromatic rings. The topological polar surface area (TPSA) is 45.4 Å². The Morgan fingerprint density at radius 2 is 2.10 bits per heavy atom. The lowest BCUT2D eigenvalue weighted by molar-refractivity contribution is 0.208. The number of pyridine rings is 1. The van der Waals surface area contributed by atoms with Crippen molar-refractivity contribution in [3.05, 3.63) is 59.4 Å². The van der Waals surface area contributed by atoms with Crippen LogP contribution in [0.3, 0.4) is 0 Å². The summed E-state index contributed by atoms with van der Waals surface area (Å²) in [6.07, 6.45) is 1.85. The predicted octanol–water partition coefficient (Wildman–Crippen LogP) is 2.16. The fourth-order valence-electron chi connectivity index (χ4n) is 3.15. The first-order chi connectivity index (χ1) is 10.2. The summed E-state index contributed by atoms with van der Waals surface area (Å²) in [4.78, 5) is 9.03.